The quantitative estimate of drug-likeness (QED) is 0.723. The molecule has 110 valence electrons. The Labute approximate surface area is 123 Å². The van der Waals surface area contributed by atoms with E-state index in [2.05, 4.69) is 10.6 Å². The van der Waals surface area contributed by atoms with E-state index in [9.17, 15) is 9.59 Å². The van der Waals surface area contributed by atoms with Crippen LogP contribution in [-0.4, -0.2) is 18.4 Å². The lowest BCUT2D eigenvalue weighted by atomic mass is 10.2. The number of benzene rings is 1. The largest absolute Gasteiger partial charge is 0.330 e. The standard InChI is InChI=1S/C14H20ClN3O2/c1-2-4-13(19)18-12-7-6-10(9-11(12)15)17-14(20)5-3-8-16/h6-7,9H,2-5,8,16H2,1H3,(H,17,20)(H,18,19). The maximum absolute atomic E-state index is 11.6. The first kappa shape index (κ1) is 16.5. The maximum Gasteiger partial charge on any atom is 0.224 e. The first-order valence-electron chi connectivity index (χ1n) is 6.66. The Bertz CT molecular complexity index is 477. The van der Waals surface area contributed by atoms with E-state index in [1.807, 2.05) is 6.92 Å². The van der Waals surface area contributed by atoms with Crippen molar-refractivity contribution in [2.45, 2.75) is 32.6 Å². The molecule has 0 heterocycles. The van der Waals surface area contributed by atoms with Crippen LogP contribution < -0.4 is 16.4 Å². The summed E-state index contributed by atoms with van der Waals surface area (Å²) < 4.78 is 0. The van der Waals surface area contributed by atoms with Crippen LogP contribution in [0.2, 0.25) is 5.02 Å². The number of nitrogens with two attached hydrogens (primary N) is 1. The second-order valence-corrected chi connectivity index (χ2v) is 4.84. The highest BCUT2D eigenvalue weighted by Crippen LogP contribution is 2.25. The fraction of sp³-hybridized carbons (Fsp3) is 0.429. The van der Waals surface area contributed by atoms with E-state index in [1.54, 1.807) is 18.2 Å². The fourth-order valence-corrected chi connectivity index (χ4v) is 1.85. The van der Waals surface area contributed by atoms with Crippen molar-refractivity contribution < 1.29 is 9.59 Å². The van der Waals surface area contributed by atoms with Crippen LogP contribution >= 0.6 is 11.6 Å². The monoisotopic (exact) mass is 297 g/mol. The summed E-state index contributed by atoms with van der Waals surface area (Å²) in [7, 11) is 0. The average Bonchev–Trinajstić information content (AvgIpc) is 2.40. The molecule has 0 unspecified atom stereocenters. The number of hydrogen-bond acceptors (Lipinski definition) is 3. The Morgan fingerprint density at radius 3 is 2.50 bits per heavy atom. The summed E-state index contributed by atoms with van der Waals surface area (Å²) in [5, 5.41) is 5.85. The van der Waals surface area contributed by atoms with Crippen molar-refractivity contribution in [2.24, 2.45) is 5.73 Å². The third kappa shape index (κ3) is 5.59. The number of hydrogen-bond donors (Lipinski definition) is 3. The van der Waals surface area contributed by atoms with Crippen LogP contribution in [-0.2, 0) is 9.59 Å². The van der Waals surface area contributed by atoms with Gasteiger partial charge in [-0.3, -0.25) is 9.59 Å². The van der Waals surface area contributed by atoms with Gasteiger partial charge in [-0.05, 0) is 37.6 Å². The second kappa shape index (κ2) is 8.55. The molecule has 0 atom stereocenters. The Morgan fingerprint density at radius 2 is 1.90 bits per heavy atom. The fourth-order valence-electron chi connectivity index (χ4n) is 1.62. The van der Waals surface area contributed by atoms with Gasteiger partial charge in [0.25, 0.3) is 0 Å². The molecule has 0 saturated heterocycles. The predicted molar refractivity (Wildman–Crippen MR) is 81.9 cm³/mol. The highest BCUT2D eigenvalue weighted by atomic mass is 35.5. The summed E-state index contributed by atoms with van der Waals surface area (Å²) in [4.78, 5) is 23.0. The molecule has 20 heavy (non-hydrogen) atoms. The molecule has 2 amide bonds. The van der Waals surface area contributed by atoms with E-state index >= 15 is 0 Å². The molecule has 1 aromatic rings. The van der Waals surface area contributed by atoms with E-state index in [0.717, 1.165) is 6.42 Å². The van der Waals surface area contributed by atoms with E-state index in [-0.39, 0.29) is 11.8 Å². The van der Waals surface area contributed by atoms with Crippen LogP contribution in [0.1, 0.15) is 32.6 Å². The Balaban J connectivity index is 2.63. The van der Waals surface area contributed by atoms with Crippen molar-refractivity contribution in [1.82, 2.24) is 0 Å². The molecule has 1 aromatic carbocycles. The summed E-state index contributed by atoms with van der Waals surface area (Å²) in [6.07, 6.45) is 2.25. The second-order valence-electron chi connectivity index (χ2n) is 4.43. The molecule has 4 N–H and O–H groups in total. The molecule has 0 bridgehead atoms. The van der Waals surface area contributed by atoms with Crippen molar-refractivity contribution in [2.75, 3.05) is 17.2 Å². The molecular formula is C14H20ClN3O2. The number of halogens is 1. The molecule has 1 rings (SSSR count). The maximum atomic E-state index is 11.6. The van der Waals surface area contributed by atoms with Crippen molar-refractivity contribution in [1.29, 1.82) is 0 Å². The molecule has 0 aliphatic carbocycles. The normalized spacial score (nSPS) is 10.2. The van der Waals surface area contributed by atoms with Crippen molar-refractivity contribution in [3.8, 4) is 0 Å². The van der Waals surface area contributed by atoms with E-state index < -0.39 is 0 Å². The number of anilines is 2. The number of amides is 2. The molecule has 0 radical (unpaired) electrons. The third-order valence-corrected chi connectivity index (χ3v) is 2.92. The minimum Gasteiger partial charge on any atom is -0.330 e. The molecule has 6 heteroatoms. The van der Waals surface area contributed by atoms with E-state index in [1.165, 1.54) is 0 Å². The van der Waals surface area contributed by atoms with Crippen LogP contribution in [0.5, 0.6) is 0 Å². The first-order valence-corrected chi connectivity index (χ1v) is 7.04. The van der Waals surface area contributed by atoms with Crippen molar-refractivity contribution in [3.63, 3.8) is 0 Å². The van der Waals surface area contributed by atoms with Gasteiger partial charge in [0.1, 0.15) is 0 Å². The van der Waals surface area contributed by atoms with Gasteiger partial charge in [-0.2, -0.15) is 0 Å². The molecule has 0 aliphatic rings. The number of carbonyl (C=O) groups is 2. The Hall–Kier alpha value is -1.59. The van der Waals surface area contributed by atoms with Gasteiger partial charge in [0, 0.05) is 18.5 Å². The van der Waals surface area contributed by atoms with Crippen LogP contribution in [0.4, 0.5) is 11.4 Å². The molecular weight excluding hydrogens is 278 g/mol. The van der Waals surface area contributed by atoms with Gasteiger partial charge in [-0.25, -0.2) is 0 Å². The van der Waals surface area contributed by atoms with Gasteiger partial charge >= 0.3 is 0 Å². The van der Waals surface area contributed by atoms with Crippen LogP contribution in [0, 0.1) is 0 Å². The molecule has 5 nitrogen and oxygen atoms in total. The van der Waals surface area contributed by atoms with Crippen LogP contribution in [0.25, 0.3) is 0 Å². The molecule has 0 saturated carbocycles. The zero-order chi connectivity index (χ0) is 15.0. The average molecular weight is 298 g/mol. The zero-order valence-electron chi connectivity index (χ0n) is 11.5. The van der Waals surface area contributed by atoms with Gasteiger partial charge in [-0.1, -0.05) is 18.5 Å². The van der Waals surface area contributed by atoms with Crippen LogP contribution in [0.3, 0.4) is 0 Å². The Kier molecular flexibility index (Phi) is 7.04. The topological polar surface area (TPSA) is 84.2 Å². The summed E-state index contributed by atoms with van der Waals surface area (Å²) in [5.74, 6) is -0.177. The molecule has 0 spiro atoms. The van der Waals surface area contributed by atoms with Crippen LogP contribution in [0.15, 0.2) is 18.2 Å². The highest BCUT2D eigenvalue weighted by molar-refractivity contribution is 6.34. The summed E-state index contributed by atoms with van der Waals surface area (Å²) >= 11 is 6.08. The van der Waals surface area contributed by atoms with Crippen molar-refractivity contribution >= 4 is 34.8 Å². The van der Waals surface area contributed by atoms with E-state index in [0.29, 0.717) is 42.2 Å². The zero-order valence-corrected chi connectivity index (χ0v) is 12.3. The molecule has 0 fully saturated rings. The van der Waals surface area contributed by atoms with Crippen molar-refractivity contribution in [3.05, 3.63) is 23.2 Å². The lowest BCUT2D eigenvalue weighted by Gasteiger charge is -2.09. The predicted octanol–water partition coefficient (Wildman–Crippen LogP) is 2.76. The number of rotatable bonds is 7. The minimum atomic E-state index is -0.103. The lowest BCUT2D eigenvalue weighted by molar-refractivity contribution is -0.117. The lowest BCUT2D eigenvalue weighted by Crippen LogP contribution is -2.14. The van der Waals surface area contributed by atoms with Gasteiger partial charge in [0.2, 0.25) is 11.8 Å². The summed E-state index contributed by atoms with van der Waals surface area (Å²) in [6.45, 7) is 2.41. The first-order chi connectivity index (χ1) is 9.56. The Morgan fingerprint density at radius 1 is 1.20 bits per heavy atom. The van der Waals surface area contributed by atoms with Gasteiger partial charge in [0.05, 0.1) is 10.7 Å². The summed E-state index contributed by atoms with van der Waals surface area (Å²) in [6, 6.07) is 4.99. The van der Waals surface area contributed by atoms with E-state index in [4.69, 9.17) is 17.3 Å². The van der Waals surface area contributed by atoms with Gasteiger partial charge in [0.15, 0.2) is 0 Å². The molecule has 0 aromatic heterocycles. The SMILES string of the molecule is CCCC(=O)Nc1ccc(NC(=O)CCCN)cc1Cl. The number of carbonyl (C=O) groups excluding carboxylic acids is 2. The summed E-state index contributed by atoms with van der Waals surface area (Å²) in [5.41, 5.74) is 6.49. The minimum absolute atomic E-state index is 0.0749. The number of nitrogens with one attached hydrogen (secondary N) is 2. The smallest absolute Gasteiger partial charge is 0.224 e. The third-order valence-electron chi connectivity index (χ3n) is 2.61. The molecule has 0 aliphatic heterocycles. The van der Waals surface area contributed by atoms with Gasteiger partial charge in [-0.15, -0.1) is 0 Å². The highest BCUT2D eigenvalue weighted by Gasteiger charge is 2.07. The van der Waals surface area contributed by atoms with Gasteiger partial charge < -0.3 is 16.4 Å².